The number of carboxylic acid groups (broad SMARTS) is 1. The van der Waals surface area contributed by atoms with Gasteiger partial charge in [0.2, 0.25) is 0 Å². The number of carbonyl (C=O) groups is 1. The second kappa shape index (κ2) is 7.31. The lowest BCUT2D eigenvalue weighted by molar-refractivity contribution is 0.0696. The Morgan fingerprint density at radius 3 is 3.05 bits per heavy atom. The molecule has 4 nitrogen and oxygen atoms in total. The monoisotopic (exact) mass is 309 g/mol. The number of thioether (sulfide) groups is 1. The van der Waals surface area contributed by atoms with Gasteiger partial charge in [-0.2, -0.15) is 0 Å². The molecule has 0 fully saturated rings. The van der Waals surface area contributed by atoms with Crippen molar-refractivity contribution in [2.45, 2.75) is 17.7 Å². The predicted molar refractivity (Wildman–Crippen MR) is 81.1 cm³/mol. The third kappa shape index (κ3) is 4.54. The standard InChI is InChI=1S/C14H15NO3S2/c1-10-9-20-14(15-10)19-7-3-6-18-12-5-2-4-11(8-12)13(16)17/h2,4-5,8-9H,3,6-7H2,1H3,(H,16,17). The first-order valence-electron chi connectivity index (χ1n) is 6.16. The van der Waals surface area contributed by atoms with E-state index in [4.69, 9.17) is 9.84 Å². The summed E-state index contributed by atoms with van der Waals surface area (Å²) in [4.78, 5) is 15.2. The van der Waals surface area contributed by atoms with Crippen molar-refractivity contribution in [3.8, 4) is 5.75 Å². The summed E-state index contributed by atoms with van der Waals surface area (Å²) in [5, 5.41) is 10.9. The van der Waals surface area contributed by atoms with Crippen molar-refractivity contribution in [2.75, 3.05) is 12.4 Å². The van der Waals surface area contributed by atoms with Gasteiger partial charge in [-0.1, -0.05) is 17.8 Å². The van der Waals surface area contributed by atoms with Crippen LogP contribution in [0.2, 0.25) is 0 Å². The molecule has 0 amide bonds. The fraction of sp³-hybridized carbons (Fsp3) is 0.286. The normalized spacial score (nSPS) is 10.4. The molecule has 0 saturated heterocycles. The van der Waals surface area contributed by atoms with Gasteiger partial charge in [-0.3, -0.25) is 0 Å². The van der Waals surface area contributed by atoms with Gasteiger partial charge in [0, 0.05) is 16.8 Å². The van der Waals surface area contributed by atoms with Crippen LogP contribution in [0.15, 0.2) is 34.0 Å². The molecule has 0 saturated carbocycles. The van der Waals surface area contributed by atoms with Crippen molar-refractivity contribution in [3.05, 3.63) is 40.9 Å². The van der Waals surface area contributed by atoms with Gasteiger partial charge in [0.15, 0.2) is 0 Å². The number of hydrogen-bond acceptors (Lipinski definition) is 5. The Morgan fingerprint density at radius 1 is 1.50 bits per heavy atom. The molecule has 2 rings (SSSR count). The highest BCUT2D eigenvalue weighted by molar-refractivity contribution is 8.00. The number of hydrogen-bond donors (Lipinski definition) is 1. The van der Waals surface area contributed by atoms with Crippen LogP contribution in [0.1, 0.15) is 22.5 Å². The molecule has 1 aromatic carbocycles. The van der Waals surface area contributed by atoms with Crippen LogP contribution >= 0.6 is 23.1 Å². The first kappa shape index (κ1) is 14.9. The van der Waals surface area contributed by atoms with Gasteiger partial charge in [-0.25, -0.2) is 9.78 Å². The lowest BCUT2D eigenvalue weighted by Gasteiger charge is -2.06. The van der Waals surface area contributed by atoms with Crippen LogP contribution in [0, 0.1) is 6.92 Å². The Labute approximate surface area is 125 Å². The molecule has 0 aliphatic carbocycles. The van der Waals surface area contributed by atoms with Crippen molar-refractivity contribution >= 4 is 29.1 Å². The van der Waals surface area contributed by atoms with E-state index in [1.807, 2.05) is 12.3 Å². The van der Waals surface area contributed by atoms with Crippen LogP contribution in [0.5, 0.6) is 5.75 Å². The van der Waals surface area contributed by atoms with Crippen LogP contribution in [-0.4, -0.2) is 28.4 Å². The van der Waals surface area contributed by atoms with Crippen molar-refractivity contribution < 1.29 is 14.6 Å². The minimum absolute atomic E-state index is 0.245. The molecule has 0 bridgehead atoms. The zero-order valence-electron chi connectivity index (χ0n) is 11.0. The maximum Gasteiger partial charge on any atom is 0.335 e. The summed E-state index contributed by atoms with van der Waals surface area (Å²) in [6, 6.07) is 6.55. The fourth-order valence-corrected chi connectivity index (χ4v) is 3.36. The summed E-state index contributed by atoms with van der Waals surface area (Å²) in [6.45, 7) is 2.56. The van der Waals surface area contributed by atoms with Crippen LogP contribution in [0.4, 0.5) is 0 Å². The first-order chi connectivity index (χ1) is 9.65. The molecule has 0 radical (unpaired) electrons. The Balaban J connectivity index is 1.70. The van der Waals surface area contributed by atoms with Gasteiger partial charge in [0.1, 0.15) is 10.1 Å². The number of nitrogens with zero attached hydrogens (tertiary/aromatic N) is 1. The molecule has 0 aliphatic rings. The highest BCUT2D eigenvalue weighted by Gasteiger charge is 2.04. The van der Waals surface area contributed by atoms with Gasteiger partial charge in [-0.05, 0) is 31.5 Å². The number of ether oxygens (including phenoxy) is 1. The summed E-state index contributed by atoms with van der Waals surface area (Å²) in [5.41, 5.74) is 1.30. The minimum Gasteiger partial charge on any atom is -0.494 e. The number of carboxylic acids is 1. The molecule has 1 N–H and O–H groups in total. The SMILES string of the molecule is Cc1csc(SCCCOc2cccc(C(=O)O)c2)n1. The molecule has 1 aromatic heterocycles. The number of aromatic carboxylic acids is 1. The van der Waals surface area contributed by atoms with Gasteiger partial charge in [-0.15, -0.1) is 11.3 Å². The van der Waals surface area contributed by atoms with E-state index in [0.717, 1.165) is 22.2 Å². The van der Waals surface area contributed by atoms with Gasteiger partial charge in [0.05, 0.1) is 12.2 Å². The molecule has 0 atom stereocenters. The molecular formula is C14H15NO3S2. The summed E-state index contributed by atoms with van der Waals surface area (Å²) in [5.74, 6) is 0.594. The molecule has 0 aliphatic heterocycles. The summed E-state index contributed by atoms with van der Waals surface area (Å²) in [6.07, 6.45) is 0.889. The average molecular weight is 309 g/mol. The van der Waals surface area contributed by atoms with E-state index in [1.165, 1.54) is 0 Å². The van der Waals surface area contributed by atoms with E-state index >= 15 is 0 Å². The highest BCUT2D eigenvalue weighted by atomic mass is 32.2. The Morgan fingerprint density at radius 2 is 2.35 bits per heavy atom. The smallest absolute Gasteiger partial charge is 0.335 e. The topological polar surface area (TPSA) is 59.4 Å². The molecular weight excluding hydrogens is 294 g/mol. The number of aromatic nitrogens is 1. The van der Waals surface area contributed by atoms with Crippen molar-refractivity contribution in [2.24, 2.45) is 0 Å². The first-order valence-corrected chi connectivity index (χ1v) is 8.03. The molecule has 0 spiro atoms. The Hall–Kier alpha value is -1.53. The van der Waals surface area contributed by atoms with Gasteiger partial charge in [0.25, 0.3) is 0 Å². The number of aryl methyl sites for hydroxylation is 1. The van der Waals surface area contributed by atoms with E-state index in [1.54, 1.807) is 47.4 Å². The predicted octanol–water partition coefficient (Wildman–Crippen LogP) is 3.71. The van der Waals surface area contributed by atoms with E-state index in [2.05, 4.69) is 4.98 Å². The summed E-state index contributed by atoms with van der Waals surface area (Å²) in [7, 11) is 0. The number of benzene rings is 1. The largest absolute Gasteiger partial charge is 0.494 e. The fourth-order valence-electron chi connectivity index (χ4n) is 1.53. The summed E-state index contributed by atoms with van der Waals surface area (Å²) < 4.78 is 6.63. The number of rotatable bonds is 7. The second-order valence-electron chi connectivity index (χ2n) is 4.14. The quantitative estimate of drug-likeness (QED) is 0.624. The molecule has 2 aromatic rings. The zero-order valence-corrected chi connectivity index (χ0v) is 12.7. The van der Waals surface area contributed by atoms with E-state index in [-0.39, 0.29) is 5.56 Å². The van der Waals surface area contributed by atoms with Crippen molar-refractivity contribution in [3.63, 3.8) is 0 Å². The van der Waals surface area contributed by atoms with E-state index < -0.39 is 5.97 Å². The minimum atomic E-state index is -0.940. The molecule has 1 heterocycles. The van der Waals surface area contributed by atoms with Crippen LogP contribution < -0.4 is 4.74 Å². The van der Waals surface area contributed by atoms with Crippen LogP contribution in [-0.2, 0) is 0 Å². The second-order valence-corrected chi connectivity index (χ2v) is 6.34. The molecule has 6 heteroatoms. The molecule has 20 heavy (non-hydrogen) atoms. The van der Waals surface area contributed by atoms with Crippen LogP contribution in [0.25, 0.3) is 0 Å². The third-order valence-electron chi connectivity index (χ3n) is 2.46. The lowest BCUT2D eigenvalue weighted by Crippen LogP contribution is -2.01. The number of thiazole rings is 1. The van der Waals surface area contributed by atoms with Crippen molar-refractivity contribution in [1.29, 1.82) is 0 Å². The summed E-state index contributed by atoms with van der Waals surface area (Å²) >= 11 is 3.37. The molecule has 0 unspecified atom stereocenters. The van der Waals surface area contributed by atoms with E-state index in [0.29, 0.717) is 12.4 Å². The van der Waals surface area contributed by atoms with Crippen molar-refractivity contribution in [1.82, 2.24) is 4.98 Å². The zero-order chi connectivity index (χ0) is 14.4. The Kier molecular flexibility index (Phi) is 5.43. The lowest BCUT2D eigenvalue weighted by atomic mass is 10.2. The third-order valence-corrected chi connectivity index (χ3v) is 4.69. The molecule has 106 valence electrons. The average Bonchev–Trinajstić information content (AvgIpc) is 2.84. The van der Waals surface area contributed by atoms with Gasteiger partial charge < -0.3 is 9.84 Å². The van der Waals surface area contributed by atoms with Gasteiger partial charge >= 0.3 is 5.97 Å². The Bertz CT molecular complexity index is 583. The highest BCUT2D eigenvalue weighted by Crippen LogP contribution is 2.23. The maximum absolute atomic E-state index is 10.8. The van der Waals surface area contributed by atoms with E-state index in [9.17, 15) is 4.79 Å². The maximum atomic E-state index is 10.8. The van der Waals surface area contributed by atoms with Crippen LogP contribution in [0.3, 0.4) is 0 Å².